The lowest BCUT2D eigenvalue weighted by molar-refractivity contribution is -0.116. The number of carbonyl (C=O) groups excluding carboxylic acids is 2. The van der Waals surface area contributed by atoms with Gasteiger partial charge in [0.1, 0.15) is 0 Å². The van der Waals surface area contributed by atoms with E-state index in [1.165, 1.54) is 0 Å². The van der Waals surface area contributed by atoms with Gasteiger partial charge in [-0.2, -0.15) is 0 Å². The summed E-state index contributed by atoms with van der Waals surface area (Å²) in [5, 5.41) is 3.32. The summed E-state index contributed by atoms with van der Waals surface area (Å²) in [6.07, 6.45) is 1.11. The van der Waals surface area contributed by atoms with Gasteiger partial charge in [-0.3, -0.25) is 9.59 Å². The monoisotopic (exact) mass is 363 g/mol. The van der Waals surface area contributed by atoms with Crippen molar-refractivity contribution in [1.82, 2.24) is 0 Å². The number of anilines is 1. The number of rotatable bonds is 2. The van der Waals surface area contributed by atoms with E-state index in [1.807, 2.05) is 6.07 Å². The van der Waals surface area contributed by atoms with Crippen LogP contribution < -0.4 is 5.32 Å². The summed E-state index contributed by atoms with van der Waals surface area (Å²) in [6, 6.07) is 10.5. The van der Waals surface area contributed by atoms with Crippen LogP contribution >= 0.6 is 27.5 Å². The maximum absolute atomic E-state index is 12.5. The van der Waals surface area contributed by atoms with Crippen molar-refractivity contribution in [1.29, 1.82) is 0 Å². The summed E-state index contributed by atoms with van der Waals surface area (Å²) in [5.74, 6) is -0.0711. The number of aryl methyl sites for hydroxylation is 1. The molecule has 2 aromatic carbocycles. The molecule has 21 heavy (non-hydrogen) atoms. The molecule has 3 rings (SSSR count). The van der Waals surface area contributed by atoms with Gasteiger partial charge in [-0.05, 0) is 48.4 Å². The second-order valence-electron chi connectivity index (χ2n) is 4.91. The molecular formula is C16H11BrClNO2. The molecule has 0 unspecified atom stereocenters. The van der Waals surface area contributed by atoms with Crippen molar-refractivity contribution in [3.05, 3.63) is 62.6 Å². The quantitative estimate of drug-likeness (QED) is 0.811. The number of fused-ring (bicyclic) bond motifs is 1. The number of amides is 1. The van der Waals surface area contributed by atoms with Gasteiger partial charge in [0.15, 0.2) is 5.78 Å². The molecule has 0 aliphatic carbocycles. The molecule has 1 N–H and O–H groups in total. The number of ketones is 1. The molecular weight excluding hydrogens is 354 g/mol. The minimum absolute atomic E-state index is 0.0142. The fourth-order valence-corrected chi connectivity index (χ4v) is 3.24. The molecule has 0 atom stereocenters. The van der Waals surface area contributed by atoms with Gasteiger partial charge >= 0.3 is 0 Å². The number of halogens is 2. The van der Waals surface area contributed by atoms with E-state index >= 15 is 0 Å². The van der Waals surface area contributed by atoms with E-state index in [4.69, 9.17) is 11.6 Å². The summed E-state index contributed by atoms with van der Waals surface area (Å²) in [6.45, 7) is 0. The lowest BCUT2D eigenvalue weighted by Gasteiger charge is -2.17. The van der Waals surface area contributed by atoms with Crippen LogP contribution in [0.5, 0.6) is 0 Å². The topological polar surface area (TPSA) is 46.2 Å². The molecule has 1 heterocycles. The van der Waals surface area contributed by atoms with E-state index in [0.29, 0.717) is 29.0 Å². The third-order valence-corrected chi connectivity index (χ3v) is 4.06. The van der Waals surface area contributed by atoms with Crippen molar-refractivity contribution in [2.24, 2.45) is 0 Å². The third kappa shape index (κ3) is 3.01. The Balaban J connectivity index is 1.97. The van der Waals surface area contributed by atoms with Crippen LogP contribution in [0.25, 0.3) is 0 Å². The molecule has 106 valence electrons. The van der Waals surface area contributed by atoms with Gasteiger partial charge in [-0.1, -0.05) is 27.5 Å². The standard InChI is InChI=1S/C16H11BrClNO2/c17-12-6-11(7-13(18)8-12)16(21)10-1-3-14-9(5-10)2-4-15(20)19-14/h1,3,5-8H,2,4H2,(H,19,20). The van der Waals surface area contributed by atoms with Crippen LogP contribution in [0.2, 0.25) is 5.02 Å². The molecule has 2 aromatic rings. The van der Waals surface area contributed by atoms with Crippen LogP contribution in [-0.4, -0.2) is 11.7 Å². The first-order valence-electron chi connectivity index (χ1n) is 6.46. The highest BCUT2D eigenvalue weighted by molar-refractivity contribution is 9.10. The number of hydrogen-bond acceptors (Lipinski definition) is 2. The van der Waals surface area contributed by atoms with Gasteiger partial charge in [-0.15, -0.1) is 0 Å². The van der Waals surface area contributed by atoms with Crippen molar-refractivity contribution in [3.8, 4) is 0 Å². The predicted octanol–water partition coefficient (Wildman–Crippen LogP) is 4.22. The van der Waals surface area contributed by atoms with Crippen molar-refractivity contribution >= 4 is 44.9 Å². The van der Waals surface area contributed by atoms with Gasteiger partial charge in [0, 0.05) is 32.7 Å². The first kappa shape index (κ1) is 14.3. The highest BCUT2D eigenvalue weighted by Gasteiger charge is 2.17. The van der Waals surface area contributed by atoms with Crippen LogP contribution in [0.4, 0.5) is 5.69 Å². The summed E-state index contributed by atoms with van der Waals surface area (Å²) in [5.41, 5.74) is 2.91. The smallest absolute Gasteiger partial charge is 0.224 e. The molecule has 0 bridgehead atoms. The normalized spacial score (nSPS) is 13.5. The number of hydrogen-bond donors (Lipinski definition) is 1. The zero-order chi connectivity index (χ0) is 15.0. The summed E-state index contributed by atoms with van der Waals surface area (Å²) < 4.78 is 0.767. The average Bonchev–Trinajstić information content (AvgIpc) is 2.45. The molecule has 0 radical (unpaired) electrons. The molecule has 1 aliphatic heterocycles. The van der Waals surface area contributed by atoms with E-state index in [1.54, 1.807) is 30.3 Å². The van der Waals surface area contributed by atoms with Crippen LogP contribution in [0, 0.1) is 0 Å². The lowest BCUT2D eigenvalue weighted by Crippen LogP contribution is -2.19. The minimum Gasteiger partial charge on any atom is -0.326 e. The Hall–Kier alpha value is -1.65. The Bertz CT molecular complexity index is 738. The highest BCUT2D eigenvalue weighted by Crippen LogP contribution is 2.26. The van der Waals surface area contributed by atoms with E-state index in [-0.39, 0.29) is 11.7 Å². The van der Waals surface area contributed by atoms with Crippen molar-refractivity contribution in [2.75, 3.05) is 5.32 Å². The van der Waals surface area contributed by atoms with Gasteiger partial charge in [-0.25, -0.2) is 0 Å². The van der Waals surface area contributed by atoms with E-state index in [2.05, 4.69) is 21.2 Å². The maximum Gasteiger partial charge on any atom is 0.224 e. The Labute approximate surface area is 135 Å². The molecule has 0 saturated heterocycles. The fourth-order valence-electron chi connectivity index (χ4n) is 2.38. The first-order valence-corrected chi connectivity index (χ1v) is 7.63. The van der Waals surface area contributed by atoms with E-state index in [9.17, 15) is 9.59 Å². The van der Waals surface area contributed by atoms with E-state index < -0.39 is 0 Å². The average molecular weight is 365 g/mol. The molecule has 0 saturated carbocycles. The Morgan fingerprint density at radius 2 is 1.90 bits per heavy atom. The number of benzene rings is 2. The zero-order valence-corrected chi connectivity index (χ0v) is 13.3. The SMILES string of the molecule is O=C1CCc2cc(C(=O)c3cc(Cl)cc(Br)c3)ccc2N1. The van der Waals surface area contributed by atoms with Crippen LogP contribution in [-0.2, 0) is 11.2 Å². The van der Waals surface area contributed by atoms with Gasteiger partial charge in [0.25, 0.3) is 0 Å². The molecule has 1 aliphatic rings. The summed E-state index contributed by atoms with van der Waals surface area (Å²) >= 11 is 9.32. The van der Waals surface area contributed by atoms with Gasteiger partial charge in [0.05, 0.1) is 0 Å². The van der Waals surface area contributed by atoms with Crippen LogP contribution in [0.15, 0.2) is 40.9 Å². The number of nitrogens with one attached hydrogen (secondary N) is 1. The summed E-state index contributed by atoms with van der Waals surface area (Å²) in [4.78, 5) is 23.9. The molecule has 0 fully saturated rings. The van der Waals surface area contributed by atoms with Crippen molar-refractivity contribution in [3.63, 3.8) is 0 Å². The van der Waals surface area contributed by atoms with Crippen LogP contribution in [0.3, 0.4) is 0 Å². The predicted molar refractivity (Wildman–Crippen MR) is 86.0 cm³/mol. The first-order chi connectivity index (χ1) is 10.0. The number of carbonyl (C=O) groups is 2. The van der Waals surface area contributed by atoms with E-state index in [0.717, 1.165) is 15.7 Å². The van der Waals surface area contributed by atoms with Gasteiger partial charge in [0.2, 0.25) is 5.91 Å². The molecule has 1 amide bonds. The second-order valence-corrected chi connectivity index (χ2v) is 6.26. The van der Waals surface area contributed by atoms with Crippen molar-refractivity contribution < 1.29 is 9.59 Å². The van der Waals surface area contributed by atoms with Crippen LogP contribution in [0.1, 0.15) is 27.9 Å². The second kappa shape index (κ2) is 5.62. The molecule has 0 spiro atoms. The molecule has 0 aromatic heterocycles. The Kier molecular flexibility index (Phi) is 3.83. The fraction of sp³-hybridized carbons (Fsp3) is 0.125. The van der Waals surface area contributed by atoms with Gasteiger partial charge < -0.3 is 5.32 Å². The summed E-state index contributed by atoms with van der Waals surface area (Å²) in [7, 11) is 0. The zero-order valence-electron chi connectivity index (χ0n) is 11.0. The minimum atomic E-state index is -0.0853. The third-order valence-electron chi connectivity index (χ3n) is 3.39. The Morgan fingerprint density at radius 3 is 2.67 bits per heavy atom. The lowest BCUT2D eigenvalue weighted by atomic mass is 9.96. The largest absolute Gasteiger partial charge is 0.326 e. The highest BCUT2D eigenvalue weighted by atomic mass is 79.9. The van der Waals surface area contributed by atoms with Crippen molar-refractivity contribution in [2.45, 2.75) is 12.8 Å². The molecule has 5 heteroatoms. The molecule has 3 nitrogen and oxygen atoms in total. The maximum atomic E-state index is 12.5. The Morgan fingerprint density at radius 1 is 1.10 bits per heavy atom.